The van der Waals surface area contributed by atoms with E-state index >= 15 is 0 Å². The molecule has 0 saturated heterocycles. The van der Waals surface area contributed by atoms with Crippen molar-refractivity contribution >= 4 is 11.2 Å². The predicted molar refractivity (Wildman–Crippen MR) is 76.1 cm³/mol. The monoisotopic (exact) mass is 301 g/mol. The number of halogens is 2. The van der Waals surface area contributed by atoms with Crippen LogP contribution in [-0.2, 0) is 13.0 Å². The van der Waals surface area contributed by atoms with Gasteiger partial charge in [0.15, 0.2) is 5.65 Å². The van der Waals surface area contributed by atoms with E-state index in [1.54, 1.807) is 6.20 Å². The number of hydrogen-bond donors (Lipinski definition) is 1. The summed E-state index contributed by atoms with van der Waals surface area (Å²) in [6.07, 6.45) is 3.54. The molecule has 0 spiro atoms. The summed E-state index contributed by atoms with van der Waals surface area (Å²) in [7, 11) is 0. The molecule has 1 aromatic carbocycles. The minimum Gasteiger partial charge on any atom is -0.326 e. The van der Waals surface area contributed by atoms with Crippen LogP contribution in [0.1, 0.15) is 17.3 Å². The maximum Gasteiger partial charge on any atom is 0.163 e. The molecule has 3 aromatic rings. The van der Waals surface area contributed by atoms with E-state index in [4.69, 9.17) is 5.73 Å². The summed E-state index contributed by atoms with van der Waals surface area (Å²) >= 11 is 0. The number of fused-ring (bicyclic) bond motifs is 3. The third-order valence-corrected chi connectivity index (χ3v) is 4.16. The second-order valence-corrected chi connectivity index (χ2v) is 5.51. The molecule has 0 saturated carbocycles. The Bertz CT molecular complexity index is 860. The molecule has 2 N–H and O–H groups in total. The van der Waals surface area contributed by atoms with Crippen LogP contribution in [-0.4, -0.2) is 25.6 Å². The summed E-state index contributed by atoms with van der Waals surface area (Å²) in [5, 5.41) is 0. The highest BCUT2D eigenvalue weighted by atomic mass is 19.1. The summed E-state index contributed by atoms with van der Waals surface area (Å²) in [6.45, 7) is 0.462. The number of benzene rings is 1. The van der Waals surface area contributed by atoms with E-state index in [0.29, 0.717) is 24.0 Å². The fourth-order valence-electron chi connectivity index (χ4n) is 3.10. The van der Waals surface area contributed by atoms with Crippen LogP contribution in [0, 0.1) is 11.6 Å². The standard InChI is InChI=1S/C15H13F2N5/c16-8-1-2-11(17)9(3-8)10-4-14-21-13-5-19-7-20-15(13)22(14)6-12(10)18/h1-3,5,7,10,12H,4,6,18H2. The van der Waals surface area contributed by atoms with Crippen LogP contribution in [0.5, 0.6) is 0 Å². The third kappa shape index (κ3) is 1.97. The van der Waals surface area contributed by atoms with Crippen LogP contribution in [0.4, 0.5) is 8.78 Å². The lowest BCUT2D eigenvalue weighted by Gasteiger charge is -2.30. The number of hydrogen-bond acceptors (Lipinski definition) is 4. The Kier molecular flexibility index (Phi) is 2.90. The second kappa shape index (κ2) is 4.81. The molecular weight excluding hydrogens is 288 g/mol. The number of nitrogens with two attached hydrogens (primary N) is 1. The van der Waals surface area contributed by atoms with Crippen molar-refractivity contribution in [2.24, 2.45) is 5.73 Å². The van der Waals surface area contributed by atoms with E-state index in [9.17, 15) is 8.78 Å². The summed E-state index contributed by atoms with van der Waals surface area (Å²) < 4.78 is 29.4. The SMILES string of the molecule is NC1Cn2c(nc3cncnc32)CC1c1cc(F)ccc1F. The van der Waals surface area contributed by atoms with Gasteiger partial charge >= 0.3 is 0 Å². The van der Waals surface area contributed by atoms with Crippen LogP contribution in [0.15, 0.2) is 30.7 Å². The lowest BCUT2D eigenvalue weighted by atomic mass is 9.86. The van der Waals surface area contributed by atoms with Crippen molar-refractivity contribution in [3.63, 3.8) is 0 Å². The number of aromatic nitrogens is 4. The van der Waals surface area contributed by atoms with Crippen LogP contribution in [0.3, 0.4) is 0 Å². The van der Waals surface area contributed by atoms with E-state index in [-0.39, 0.29) is 12.0 Å². The first-order valence-electron chi connectivity index (χ1n) is 6.99. The summed E-state index contributed by atoms with van der Waals surface area (Å²) in [5.41, 5.74) is 7.92. The zero-order chi connectivity index (χ0) is 15.3. The summed E-state index contributed by atoms with van der Waals surface area (Å²) in [5.74, 6) is -0.446. The molecule has 3 heterocycles. The molecule has 0 fully saturated rings. The maximum absolute atomic E-state index is 14.0. The van der Waals surface area contributed by atoms with Gasteiger partial charge in [-0.15, -0.1) is 0 Å². The molecule has 5 nitrogen and oxygen atoms in total. The average molecular weight is 301 g/mol. The third-order valence-electron chi connectivity index (χ3n) is 4.16. The quantitative estimate of drug-likeness (QED) is 0.743. The van der Waals surface area contributed by atoms with Gasteiger partial charge in [0.1, 0.15) is 29.3 Å². The lowest BCUT2D eigenvalue weighted by molar-refractivity contribution is 0.394. The highest BCUT2D eigenvalue weighted by Gasteiger charge is 2.31. The molecule has 112 valence electrons. The van der Waals surface area contributed by atoms with Gasteiger partial charge in [-0.1, -0.05) is 0 Å². The molecule has 0 radical (unpaired) electrons. The first-order valence-corrected chi connectivity index (χ1v) is 6.99. The predicted octanol–water partition coefficient (Wildman–Crippen LogP) is 1.77. The summed E-state index contributed by atoms with van der Waals surface area (Å²) in [4.78, 5) is 12.7. The van der Waals surface area contributed by atoms with Gasteiger partial charge in [-0.2, -0.15) is 0 Å². The first-order chi connectivity index (χ1) is 10.6. The Morgan fingerprint density at radius 1 is 1.27 bits per heavy atom. The number of rotatable bonds is 1. The maximum atomic E-state index is 14.0. The van der Waals surface area contributed by atoms with E-state index in [1.165, 1.54) is 12.4 Å². The molecule has 1 aliphatic heterocycles. The topological polar surface area (TPSA) is 69.6 Å². The molecule has 7 heteroatoms. The molecule has 2 atom stereocenters. The Labute approximate surface area is 124 Å². The van der Waals surface area contributed by atoms with Crippen LogP contribution in [0.25, 0.3) is 11.2 Å². The van der Waals surface area contributed by atoms with Crippen LogP contribution in [0.2, 0.25) is 0 Å². The Balaban J connectivity index is 1.80. The Morgan fingerprint density at radius 2 is 2.14 bits per heavy atom. The van der Waals surface area contributed by atoms with Crippen molar-refractivity contribution in [1.29, 1.82) is 0 Å². The Morgan fingerprint density at radius 3 is 3.00 bits per heavy atom. The van der Waals surface area contributed by atoms with Crippen molar-refractivity contribution in [2.45, 2.75) is 24.9 Å². The molecule has 2 unspecified atom stereocenters. The van der Waals surface area contributed by atoms with E-state index in [2.05, 4.69) is 15.0 Å². The van der Waals surface area contributed by atoms with Crippen LogP contribution >= 0.6 is 0 Å². The molecule has 0 aliphatic carbocycles. The molecule has 0 bridgehead atoms. The molecule has 1 aliphatic rings. The molecule has 2 aromatic heterocycles. The van der Waals surface area contributed by atoms with Gasteiger partial charge in [0.2, 0.25) is 0 Å². The van der Waals surface area contributed by atoms with Gasteiger partial charge in [0.05, 0.1) is 6.20 Å². The van der Waals surface area contributed by atoms with E-state index < -0.39 is 11.6 Å². The Hall–Kier alpha value is -2.41. The van der Waals surface area contributed by atoms with Crippen molar-refractivity contribution in [1.82, 2.24) is 19.5 Å². The minimum absolute atomic E-state index is 0.303. The highest BCUT2D eigenvalue weighted by Crippen LogP contribution is 2.32. The highest BCUT2D eigenvalue weighted by molar-refractivity contribution is 5.70. The average Bonchev–Trinajstić information content (AvgIpc) is 2.87. The smallest absolute Gasteiger partial charge is 0.163 e. The lowest BCUT2D eigenvalue weighted by Crippen LogP contribution is -2.39. The van der Waals surface area contributed by atoms with Crippen LogP contribution < -0.4 is 5.73 Å². The fourth-order valence-corrected chi connectivity index (χ4v) is 3.10. The molecular formula is C15H13F2N5. The van der Waals surface area contributed by atoms with E-state index in [0.717, 1.165) is 23.6 Å². The van der Waals surface area contributed by atoms with Crippen molar-refractivity contribution in [2.75, 3.05) is 0 Å². The number of nitrogens with zero attached hydrogens (tertiary/aromatic N) is 4. The number of imidazole rings is 1. The van der Waals surface area contributed by atoms with Crippen molar-refractivity contribution < 1.29 is 8.78 Å². The second-order valence-electron chi connectivity index (χ2n) is 5.51. The van der Waals surface area contributed by atoms with Crippen molar-refractivity contribution in [3.8, 4) is 0 Å². The zero-order valence-corrected chi connectivity index (χ0v) is 11.6. The van der Waals surface area contributed by atoms with Crippen molar-refractivity contribution in [3.05, 3.63) is 53.7 Å². The normalized spacial score (nSPS) is 21.0. The van der Waals surface area contributed by atoms with Gasteiger partial charge in [0.25, 0.3) is 0 Å². The first kappa shape index (κ1) is 13.3. The summed E-state index contributed by atoms with van der Waals surface area (Å²) in [6, 6.07) is 3.13. The van der Waals surface area contributed by atoms with E-state index in [1.807, 2.05) is 4.57 Å². The largest absolute Gasteiger partial charge is 0.326 e. The van der Waals surface area contributed by atoms with Gasteiger partial charge in [-0.25, -0.2) is 23.7 Å². The minimum atomic E-state index is -0.464. The van der Waals surface area contributed by atoms with Gasteiger partial charge in [-0.3, -0.25) is 0 Å². The molecule has 4 rings (SSSR count). The molecule has 22 heavy (non-hydrogen) atoms. The van der Waals surface area contributed by atoms with Gasteiger partial charge in [0, 0.05) is 24.9 Å². The molecule has 0 amide bonds. The fraction of sp³-hybridized carbons (Fsp3) is 0.267. The van der Waals surface area contributed by atoms with Gasteiger partial charge < -0.3 is 10.3 Å². The van der Waals surface area contributed by atoms with Gasteiger partial charge in [-0.05, 0) is 23.8 Å². The zero-order valence-electron chi connectivity index (χ0n) is 11.6.